The van der Waals surface area contributed by atoms with Gasteiger partial charge in [0, 0.05) is 32.0 Å². The van der Waals surface area contributed by atoms with Crippen LogP contribution >= 0.6 is 0 Å². The van der Waals surface area contributed by atoms with E-state index in [0.717, 1.165) is 11.3 Å². The summed E-state index contributed by atoms with van der Waals surface area (Å²) in [7, 11) is 3.94. The highest BCUT2D eigenvalue weighted by molar-refractivity contribution is 5.91. The van der Waals surface area contributed by atoms with Crippen molar-refractivity contribution in [2.24, 2.45) is 0 Å². The predicted octanol–water partition coefficient (Wildman–Crippen LogP) is 2.71. The average molecular weight is 353 g/mol. The SMILES string of the molecule is CN(C)c1ccc(CC(=O)Nc2ccn(Cc3ccc(F)cn3)n2)cc1. The topological polar surface area (TPSA) is 63.1 Å². The Hall–Kier alpha value is -3.22. The zero-order valence-electron chi connectivity index (χ0n) is 14.7. The van der Waals surface area contributed by atoms with Crippen molar-refractivity contribution in [3.05, 3.63) is 71.9 Å². The molecule has 0 fully saturated rings. The van der Waals surface area contributed by atoms with E-state index in [9.17, 15) is 9.18 Å². The third-order valence-electron chi connectivity index (χ3n) is 3.84. The summed E-state index contributed by atoms with van der Waals surface area (Å²) in [5.74, 6) is -0.0319. The van der Waals surface area contributed by atoms with Gasteiger partial charge in [-0.1, -0.05) is 12.1 Å². The molecule has 0 saturated carbocycles. The minimum absolute atomic E-state index is 0.132. The maximum absolute atomic E-state index is 12.9. The van der Waals surface area contributed by atoms with Crippen molar-refractivity contribution in [1.82, 2.24) is 14.8 Å². The first-order chi connectivity index (χ1) is 12.5. The van der Waals surface area contributed by atoms with Crippen molar-refractivity contribution in [2.45, 2.75) is 13.0 Å². The highest BCUT2D eigenvalue weighted by atomic mass is 19.1. The lowest BCUT2D eigenvalue weighted by molar-refractivity contribution is -0.115. The van der Waals surface area contributed by atoms with Gasteiger partial charge in [-0.05, 0) is 29.8 Å². The Morgan fingerprint density at radius 3 is 2.58 bits per heavy atom. The van der Waals surface area contributed by atoms with Gasteiger partial charge in [0.2, 0.25) is 5.91 Å². The van der Waals surface area contributed by atoms with E-state index in [-0.39, 0.29) is 18.1 Å². The molecule has 134 valence electrons. The van der Waals surface area contributed by atoms with E-state index in [1.54, 1.807) is 23.0 Å². The molecule has 1 N–H and O–H groups in total. The molecule has 3 rings (SSSR count). The summed E-state index contributed by atoms with van der Waals surface area (Å²) in [4.78, 5) is 18.2. The second kappa shape index (κ2) is 7.77. The van der Waals surface area contributed by atoms with E-state index in [1.165, 1.54) is 12.3 Å². The first-order valence-corrected chi connectivity index (χ1v) is 8.19. The molecular formula is C19H20FN5O. The molecule has 6 nitrogen and oxygen atoms in total. The molecule has 0 aliphatic carbocycles. The summed E-state index contributed by atoms with van der Waals surface area (Å²) in [6.45, 7) is 0.405. The van der Waals surface area contributed by atoms with Crippen LogP contribution in [-0.2, 0) is 17.8 Å². The Labute approximate surface area is 151 Å². The number of anilines is 2. The van der Waals surface area contributed by atoms with Gasteiger partial charge in [-0.3, -0.25) is 14.5 Å². The summed E-state index contributed by atoms with van der Waals surface area (Å²) in [5, 5.41) is 7.07. The van der Waals surface area contributed by atoms with Crippen molar-refractivity contribution in [3.8, 4) is 0 Å². The first-order valence-electron chi connectivity index (χ1n) is 8.19. The number of halogens is 1. The molecule has 0 unspecified atom stereocenters. The van der Waals surface area contributed by atoms with E-state index >= 15 is 0 Å². The number of hydrogen-bond donors (Lipinski definition) is 1. The van der Waals surface area contributed by atoms with Gasteiger partial charge in [0.05, 0.1) is 24.9 Å². The smallest absolute Gasteiger partial charge is 0.229 e. The summed E-state index contributed by atoms with van der Waals surface area (Å²) in [5.41, 5.74) is 2.71. The number of nitrogens with one attached hydrogen (secondary N) is 1. The van der Waals surface area contributed by atoms with Gasteiger partial charge in [-0.15, -0.1) is 0 Å². The van der Waals surface area contributed by atoms with Crippen LogP contribution in [0.5, 0.6) is 0 Å². The molecule has 26 heavy (non-hydrogen) atoms. The van der Waals surface area contributed by atoms with E-state index in [0.29, 0.717) is 18.1 Å². The number of hydrogen-bond acceptors (Lipinski definition) is 4. The fourth-order valence-electron chi connectivity index (χ4n) is 2.47. The average Bonchev–Trinajstić information content (AvgIpc) is 3.04. The normalized spacial score (nSPS) is 10.6. The number of rotatable bonds is 6. The molecule has 0 saturated heterocycles. The van der Waals surface area contributed by atoms with Gasteiger partial charge in [0.1, 0.15) is 5.82 Å². The van der Waals surface area contributed by atoms with Crippen LogP contribution in [0.15, 0.2) is 54.9 Å². The molecule has 1 amide bonds. The molecule has 0 aliphatic rings. The molecule has 2 heterocycles. The highest BCUT2D eigenvalue weighted by Gasteiger charge is 2.07. The molecular weight excluding hydrogens is 333 g/mol. The van der Waals surface area contributed by atoms with E-state index in [1.807, 2.05) is 43.3 Å². The third kappa shape index (κ3) is 4.66. The number of carbonyl (C=O) groups excluding carboxylic acids is 1. The summed E-state index contributed by atoms with van der Waals surface area (Å²) in [6, 6.07) is 12.5. The molecule has 2 aromatic heterocycles. The second-order valence-corrected chi connectivity index (χ2v) is 6.15. The van der Waals surface area contributed by atoms with Crippen molar-refractivity contribution in [2.75, 3.05) is 24.3 Å². The predicted molar refractivity (Wildman–Crippen MR) is 98.6 cm³/mol. The summed E-state index contributed by atoms with van der Waals surface area (Å²) in [6.07, 6.45) is 3.19. The molecule has 0 bridgehead atoms. The summed E-state index contributed by atoms with van der Waals surface area (Å²) < 4.78 is 14.5. The number of benzene rings is 1. The Morgan fingerprint density at radius 1 is 1.15 bits per heavy atom. The van der Waals surface area contributed by atoms with Crippen LogP contribution in [0.25, 0.3) is 0 Å². The first kappa shape index (κ1) is 17.6. The van der Waals surface area contributed by atoms with Crippen LogP contribution in [0.3, 0.4) is 0 Å². The molecule has 7 heteroatoms. The molecule has 1 aromatic carbocycles. The van der Waals surface area contributed by atoms with Crippen LogP contribution in [0, 0.1) is 5.82 Å². The molecule has 0 spiro atoms. The standard InChI is InChI=1S/C19H20FN5O/c1-24(2)17-7-3-14(4-8-17)11-19(26)22-18-9-10-25(23-18)13-16-6-5-15(20)12-21-16/h3-10,12H,11,13H2,1-2H3,(H,22,23,26). The van der Waals surface area contributed by atoms with E-state index in [2.05, 4.69) is 15.4 Å². The van der Waals surface area contributed by atoms with Crippen molar-refractivity contribution in [3.63, 3.8) is 0 Å². The summed E-state index contributed by atoms with van der Waals surface area (Å²) >= 11 is 0. The van der Waals surface area contributed by atoms with Crippen molar-refractivity contribution >= 4 is 17.4 Å². The van der Waals surface area contributed by atoms with E-state index in [4.69, 9.17) is 0 Å². The third-order valence-corrected chi connectivity index (χ3v) is 3.84. The maximum Gasteiger partial charge on any atom is 0.229 e. The number of pyridine rings is 1. The largest absolute Gasteiger partial charge is 0.378 e. The van der Waals surface area contributed by atoms with Gasteiger partial charge in [-0.2, -0.15) is 5.10 Å². The zero-order chi connectivity index (χ0) is 18.5. The van der Waals surface area contributed by atoms with Gasteiger partial charge >= 0.3 is 0 Å². The Morgan fingerprint density at radius 2 is 1.92 bits per heavy atom. The van der Waals surface area contributed by atoms with Crippen LogP contribution in [-0.4, -0.2) is 34.8 Å². The highest BCUT2D eigenvalue weighted by Crippen LogP contribution is 2.13. The second-order valence-electron chi connectivity index (χ2n) is 6.15. The fraction of sp³-hybridized carbons (Fsp3) is 0.211. The van der Waals surface area contributed by atoms with Crippen molar-refractivity contribution < 1.29 is 9.18 Å². The molecule has 0 radical (unpaired) electrons. The van der Waals surface area contributed by atoms with Gasteiger partial charge in [0.15, 0.2) is 5.82 Å². The fourth-order valence-corrected chi connectivity index (χ4v) is 2.47. The van der Waals surface area contributed by atoms with Crippen molar-refractivity contribution in [1.29, 1.82) is 0 Å². The Kier molecular flexibility index (Phi) is 5.26. The van der Waals surface area contributed by atoms with E-state index < -0.39 is 0 Å². The number of nitrogens with zero attached hydrogens (tertiary/aromatic N) is 4. The molecule has 0 atom stereocenters. The minimum Gasteiger partial charge on any atom is -0.378 e. The van der Waals surface area contributed by atoms with Crippen LogP contribution in [0.1, 0.15) is 11.3 Å². The lowest BCUT2D eigenvalue weighted by Crippen LogP contribution is -2.15. The maximum atomic E-state index is 12.9. The minimum atomic E-state index is -0.374. The molecule has 3 aromatic rings. The van der Waals surface area contributed by atoms with Gasteiger partial charge in [0.25, 0.3) is 0 Å². The van der Waals surface area contributed by atoms with Crippen LogP contribution in [0.4, 0.5) is 15.9 Å². The van der Waals surface area contributed by atoms with Crippen LogP contribution in [0.2, 0.25) is 0 Å². The van der Waals surface area contributed by atoms with Gasteiger partial charge < -0.3 is 10.2 Å². The lowest BCUT2D eigenvalue weighted by Gasteiger charge is -2.12. The molecule has 0 aliphatic heterocycles. The zero-order valence-corrected chi connectivity index (χ0v) is 14.7. The monoisotopic (exact) mass is 353 g/mol. The number of amides is 1. The van der Waals surface area contributed by atoms with Gasteiger partial charge in [-0.25, -0.2) is 4.39 Å². The number of carbonyl (C=O) groups is 1. The lowest BCUT2D eigenvalue weighted by atomic mass is 10.1. The number of aromatic nitrogens is 3. The van der Waals surface area contributed by atoms with Crippen LogP contribution < -0.4 is 10.2 Å². The Balaban J connectivity index is 1.56. The quantitative estimate of drug-likeness (QED) is 0.740. The Bertz CT molecular complexity index is 872.